The molecule has 2 aromatic rings. The van der Waals surface area contributed by atoms with Gasteiger partial charge in [0, 0.05) is 4.88 Å². The summed E-state index contributed by atoms with van der Waals surface area (Å²) in [5.74, 6) is 0.271. The molecular formula is C15H18N2O2S. The zero-order chi connectivity index (χ0) is 14.5. The van der Waals surface area contributed by atoms with E-state index in [9.17, 15) is 4.79 Å². The molecule has 2 rings (SSSR count). The van der Waals surface area contributed by atoms with Crippen molar-refractivity contribution in [2.24, 2.45) is 0 Å². The van der Waals surface area contributed by atoms with E-state index < -0.39 is 0 Å². The van der Waals surface area contributed by atoms with Gasteiger partial charge < -0.3 is 15.8 Å². The van der Waals surface area contributed by atoms with Crippen molar-refractivity contribution in [2.45, 2.75) is 19.9 Å². The van der Waals surface area contributed by atoms with E-state index in [-0.39, 0.29) is 11.9 Å². The third-order valence-corrected chi connectivity index (χ3v) is 3.95. The Balaban J connectivity index is 2.19. The first-order valence-corrected chi connectivity index (χ1v) is 7.37. The lowest BCUT2D eigenvalue weighted by molar-refractivity contribution is 0.0937. The summed E-state index contributed by atoms with van der Waals surface area (Å²) in [6, 6.07) is 9.12. The van der Waals surface area contributed by atoms with Gasteiger partial charge in [-0.15, -0.1) is 11.3 Å². The number of benzene rings is 1. The Kier molecular flexibility index (Phi) is 4.63. The van der Waals surface area contributed by atoms with E-state index in [0.29, 0.717) is 23.6 Å². The molecule has 20 heavy (non-hydrogen) atoms. The lowest BCUT2D eigenvalue weighted by Gasteiger charge is -2.15. The van der Waals surface area contributed by atoms with Crippen LogP contribution < -0.4 is 15.8 Å². The Labute approximate surface area is 122 Å². The Morgan fingerprint density at radius 2 is 2.20 bits per heavy atom. The number of ether oxygens (including phenoxy) is 1. The molecule has 0 aliphatic rings. The van der Waals surface area contributed by atoms with Crippen molar-refractivity contribution in [1.29, 1.82) is 0 Å². The molecule has 1 aromatic heterocycles. The second-order valence-electron chi connectivity index (χ2n) is 4.37. The Bertz CT molecular complexity index is 582. The normalized spacial score (nSPS) is 11.9. The van der Waals surface area contributed by atoms with Crippen molar-refractivity contribution >= 4 is 22.9 Å². The molecule has 0 spiro atoms. The number of nitrogens with one attached hydrogen (secondary N) is 1. The molecule has 1 atom stereocenters. The summed E-state index contributed by atoms with van der Waals surface area (Å²) in [4.78, 5) is 13.5. The van der Waals surface area contributed by atoms with Crippen LogP contribution in [0.2, 0.25) is 0 Å². The minimum Gasteiger partial charge on any atom is -0.491 e. The highest BCUT2D eigenvalue weighted by Gasteiger charge is 2.17. The first-order valence-electron chi connectivity index (χ1n) is 6.49. The molecule has 0 aliphatic carbocycles. The number of carbonyl (C=O) groups is 1. The second kappa shape index (κ2) is 6.43. The zero-order valence-corrected chi connectivity index (χ0v) is 12.4. The van der Waals surface area contributed by atoms with Gasteiger partial charge in [0.05, 0.1) is 23.9 Å². The molecule has 0 saturated carbocycles. The van der Waals surface area contributed by atoms with Gasteiger partial charge >= 0.3 is 0 Å². The summed E-state index contributed by atoms with van der Waals surface area (Å²) in [6.07, 6.45) is 0. The molecule has 0 radical (unpaired) electrons. The summed E-state index contributed by atoms with van der Waals surface area (Å²) < 4.78 is 5.48. The lowest BCUT2D eigenvalue weighted by Crippen LogP contribution is -2.26. The van der Waals surface area contributed by atoms with Crippen molar-refractivity contribution in [3.63, 3.8) is 0 Å². The maximum absolute atomic E-state index is 12.4. The molecule has 4 nitrogen and oxygen atoms in total. The van der Waals surface area contributed by atoms with Crippen molar-refractivity contribution < 1.29 is 9.53 Å². The minimum atomic E-state index is -0.179. The van der Waals surface area contributed by atoms with E-state index >= 15 is 0 Å². The quantitative estimate of drug-likeness (QED) is 0.831. The van der Waals surface area contributed by atoms with Gasteiger partial charge in [-0.25, -0.2) is 0 Å². The van der Waals surface area contributed by atoms with Gasteiger partial charge in [0.2, 0.25) is 0 Å². The number of hydrogen-bond acceptors (Lipinski definition) is 4. The van der Waals surface area contributed by atoms with Gasteiger partial charge in [-0.3, -0.25) is 4.79 Å². The number of nitrogens with two attached hydrogens (primary N) is 1. The summed E-state index contributed by atoms with van der Waals surface area (Å²) >= 11 is 1.62. The fourth-order valence-electron chi connectivity index (χ4n) is 1.92. The Morgan fingerprint density at radius 3 is 2.85 bits per heavy atom. The van der Waals surface area contributed by atoms with Crippen LogP contribution in [0, 0.1) is 0 Å². The monoisotopic (exact) mass is 290 g/mol. The van der Waals surface area contributed by atoms with Crippen molar-refractivity contribution in [1.82, 2.24) is 5.32 Å². The van der Waals surface area contributed by atoms with Crippen LogP contribution in [-0.4, -0.2) is 12.5 Å². The molecule has 1 heterocycles. The number of thiophene rings is 1. The Hall–Kier alpha value is -2.01. The standard InChI is InChI=1S/C15H18N2O2S/c1-3-19-14-11(6-4-7-12(14)16)15(18)17-10(2)13-8-5-9-20-13/h4-10H,3,16H2,1-2H3,(H,17,18). The molecule has 5 heteroatoms. The van der Waals surface area contributed by atoms with Crippen LogP contribution in [0.15, 0.2) is 35.7 Å². The largest absolute Gasteiger partial charge is 0.491 e. The van der Waals surface area contributed by atoms with Crippen LogP contribution in [0.1, 0.15) is 35.1 Å². The van der Waals surface area contributed by atoms with Gasteiger partial charge in [0.15, 0.2) is 5.75 Å². The van der Waals surface area contributed by atoms with E-state index in [0.717, 1.165) is 4.88 Å². The van der Waals surface area contributed by atoms with Crippen LogP contribution in [0.3, 0.4) is 0 Å². The fraction of sp³-hybridized carbons (Fsp3) is 0.267. The topological polar surface area (TPSA) is 64.3 Å². The number of hydrogen-bond donors (Lipinski definition) is 2. The Morgan fingerprint density at radius 1 is 1.40 bits per heavy atom. The number of para-hydroxylation sites is 1. The van der Waals surface area contributed by atoms with E-state index in [1.807, 2.05) is 31.4 Å². The third kappa shape index (κ3) is 3.11. The smallest absolute Gasteiger partial charge is 0.255 e. The average molecular weight is 290 g/mol. The molecule has 0 aliphatic heterocycles. The molecule has 1 amide bonds. The number of rotatable bonds is 5. The van der Waals surface area contributed by atoms with Gasteiger partial charge in [0.25, 0.3) is 5.91 Å². The van der Waals surface area contributed by atoms with Gasteiger partial charge in [-0.2, -0.15) is 0 Å². The van der Waals surface area contributed by atoms with Gasteiger partial charge in [0.1, 0.15) is 0 Å². The van der Waals surface area contributed by atoms with Crippen LogP contribution in [0.25, 0.3) is 0 Å². The number of nitrogen functional groups attached to an aromatic ring is 1. The number of carbonyl (C=O) groups excluding carboxylic acids is 1. The second-order valence-corrected chi connectivity index (χ2v) is 5.35. The predicted molar refractivity (Wildman–Crippen MR) is 82.2 cm³/mol. The summed E-state index contributed by atoms with van der Waals surface area (Å²) in [5, 5.41) is 4.95. The molecule has 0 fully saturated rings. The van der Waals surface area contributed by atoms with E-state index in [2.05, 4.69) is 5.32 Å². The van der Waals surface area contributed by atoms with Crippen molar-refractivity contribution in [3.05, 3.63) is 46.2 Å². The van der Waals surface area contributed by atoms with Crippen LogP contribution in [-0.2, 0) is 0 Å². The fourth-order valence-corrected chi connectivity index (χ4v) is 2.66. The summed E-state index contributed by atoms with van der Waals surface area (Å²) in [7, 11) is 0. The highest BCUT2D eigenvalue weighted by atomic mass is 32.1. The molecule has 1 aromatic carbocycles. The SMILES string of the molecule is CCOc1c(N)cccc1C(=O)NC(C)c1cccs1. The molecule has 1 unspecified atom stereocenters. The summed E-state index contributed by atoms with van der Waals surface area (Å²) in [5.41, 5.74) is 6.81. The molecule has 0 bridgehead atoms. The van der Waals surface area contributed by atoms with Crippen LogP contribution in [0.4, 0.5) is 5.69 Å². The third-order valence-electron chi connectivity index (χ3n) is 2.90. The highest BCUT2D eigenvalue weighted by Crippen LogP contribution is 2.27. The first-order chi connectivity index (χ1) is 9.63. The zero-order valence-electron chi connectivity index (χ0n) is 11.6. The highest BCUT2D eigenvalue weighted by molar-refractivity contribution is 7.10. The molecule has 106 valence electrons. The maximum atomic E-state index is 12.4. The predicted octanol–water partition coefficient (Wildman–Crippen LogP) is 3.22. The van der Waals surface area contributed by atoms with Crippen molar-refractivity contribution in [2.75, 3.05) is 12.3 Å². The average Bonchev–Trinajstić information content (AvgIpc) is 2.95. The molecule has 0 saturated heterocycles. The summed E-state index contributed by atoms with van der Waals surface area (Å²) in [6.45, 7) is 4.29. The number of anilines is 1. The van der Waals surface area contributed by atoms with E-state index in [1.54, 1.807) is 29.5 Å². The van der Waals surface area contributed by atoms with Gasteiger partial charge in [-0.05, 0) is 37.4 Å². The van der Waals surface area contributed by atoms with Crippen molar-refractivity contribution in [3.8, 4) is 5.75 Å². The maximum Gasteiger partial charge on any atom is 0.255 e. The van der Waals surface area contributed by atoms with Crippen LogP contribution in [0.5, 0.6) is 5.75 Å². The number of amides is 1. The minimum absolute atomic E-state index is 0.0431. The first kappa shape index (κ1) is 14.4. The van der Waals surface area contributed by atoms with E-state index in [1.165, 1.54) is 0 Å². The molecule has 3 N–H and O–H groups in total. The van der Waals surface area contributed by atoms with Gasteiger partial charge in [-0.1, -0.05) is 12.1 Å². The lowest BCUT2D eigenvalue weighted by atomic mass is 10.1. The van der Waals surface area contributed by atoms with Crippen LogP contribution >= 0.6 is 11.3 Å². The van der Waals surface area contributed by atoms with E-state index in [4.69, 9.17) is 10.5 Å². The molecular weight excluding hydrogens is 272 g/mol.